The van der Waals surface area contributed by atoms with Crippen molar-refractivity contribution >= 4 is 17.3 Å². The van der Waals surface area contributed by atoms with Crippen LogP contribution in [0.3, 0.4) is 0 Å². The highest BCUT2D eigenvalue weighted by atomic mass is 16.6. The van der Waals surface area contributed by atoms with Gasteiger partial charge in [0.1, 0.15) is 5.69 Å². The monoisotopic (exact) mass is 333 g/mol. The van der Waals surface area contributed by atoms with Gasteiger partial charge in [-0.1, -0.05) is 12.8 Å². The Morgan fingerprint density at radius 3 is 2.58 bits per heavy atom. The molecule has 1 aromatic rings. The summed E-state index contributed by atoms with van der Waals surface area (Å²) in [7, 11) is 0. The molecule has 2 aliphatic rings. The topological polar surface area (TPSA) is 84.7 Å². The fourth-order valence-corrected chi connectivity index (χ4v) is 3.51. The molecule has 1 aliphatic heterocycles. The van der Waals surface area contributed by atoms with Crippen LogP contribution in [0, 0.1) is 10.1 Å². The van der Waals surface area contributed by atoms with Crippen LogP contribution in [-0.4, -0.2) is 42.7 Å². The number of anilines is 1. The van der Waals surface area contributed by atoms with E-state index >= 15 is 0 Å². The van der Waals surface area contributed by atoms with Crippen LogP contribution in [0.4, 0.5) is 11.4 Å². The number of nitrogens with zero attached hydrogens (tertiary/aromatic N) is 2. The van der Waals surface area contributed by atoms with Gasteiger partial charge in [-0.3, -0.25) is 14.9 Å². The van der Waals surface area contributed by atoms with Crippen LogP contribution in [0.5, 0.6) is 0 Å². The van der Waals surface area contributed by atoms with Gasteiger partial charge in [-0.05, 0) is 31.9 Å². The lowest BCUT2D eigenvalue weighted by Crippen LogP contribution is -2.43. The van der Waals surface area contributed by atoms with Crippen LogP contribution in [0.1, 0.15) is 43.0 Å². The third-order valence-corrected chi connectivity index (χ3v) is 4.91. The minimum atomic E-state index is -0.418. The number of nitrogens with one attached hydrogen (secondary N) is 1. The normalized spacial score (nSPS) is 20.0. The average molecular weight is 333 g/mol. The summed E-state index contributed by atoms with van der Waals surface area (Å²) in [5, 5.41) is 14.5. The second-order valence-corrected chi connectivity index (χ2v) is 6.78. The third-order valence-electron chi connectivity index (χ3n) is 4.91. The maximum atomic E-state index is 12.5. The lowest BCUT2D eigenvalue weighted by atomic mass is 10.00. The van der Waals surface area contributed by atoms with Crippen molar-refractivity contribution in [3.63, 3.8) is 0 Å². The number of hydrogen-bond acceptors (Lipinski definition) is 5. The van der Waals surface area contributed by atoms with Gasteiger partial charge in [0.25, 0.3) is 11.6 Å². The molecule has 130 valence electrons. The van der Waals surface area contributed by atoms with Crippen molar-refractivity contribution in [2.45, 2.75) is 38.1 Å². The molecular formula is C17H23N3O4. The predicted octanol–water partition coefficient (Wildman–Crippen LogP) is 2.49. The summed E-state index contributed by atoms with van der Waals surface area (Å²) in [5.74, 6) is -0.240. The zero-order chi connectivity index (χ0) is 17.2. The molecule has 1 saturated heterocycles. The van der Waals surface area contributed by atoms with Crippen molar-refractivity contribution < 1.29 is 14.5 Å². The van der Waals surface area contributed by atoms with E-state index in [1.54, 1.807) is 12.1 Å². The van der Waals surface area contributed by atoms with Gasteiger partial charge >= 0.3 is 0 Å². The molecule has 7 heteroatoms. The molecule has 1 heterocycles. The third kappa shape index (κ3) is 3.51. The van der Waals surface area contributed by atoms with Crippen LogP contribution < -0.4 is 10.2 Å². The van der Waals surface area contributed by atoms with Gasteiger partial charge in [0.05, 0.1) is 18.1 Å². The SMILES string of the molecule is CC1(NC(=O)c2ccc(N3CCOCC3)c([N+](=O)[O-])c2)CCCC1. The molecule has 24 heavy (non-hydrogen) atoms. The average Bonchev–Trinajstić information content (AvgIpc) is 3.01. The summed E-state index contributed by atoms with van der Waals surface area (Å²) >= 11 is 0. The van der Waals surface area contributed by atoms with Gasteiger partial charge in [0, 0.05) is 30.3 Å². The number of carbonyl (C=O) groups excluding carboxylic acids is 1. The summed E-state index contributed by atoms with van der Waals surface area (Å²) in [5.41, 5.74) is 0.661. The number of nitro benzene ring substituents is 1. The van der Waals surface area contributed by atoms with Crippen LogP contribution >= 0.6 is 0 Å². The largest absolute Gasteiger partial charge is 0.378 e. The van der Waals surface area contributed by atoms with Crippen LogP contribution in [-0.2, 0) is 4.74 Å². The number of morpholine rings is 1. The van der Waals surface area contributed by atoms with Crippen LogP contribution in [0.15, 0.2) is 18.2 Å². The summed E-state index contributed by atoms with van der Waals surface area (Å²) in [6.07, 6.45) is 4.11. The van der Waals surface area contributed by atoms with Crippen LogP contribution in [0.2, 0.25) is 0 Å². The van der Waals surface area contributed by atoms with Gasteiger partial charge in [-0.25, -0.2) is 0 Å². The van der Waals surface area contributed by atoms with Crippen molar-refractivity contribution in [2.24, 2.45) is 0 Å². The number of nitro groups is 1. The maximum absolute atomic E-state index is 12.5. The smallest absolute Gasteiger partial charge is 0.293 e. The Labute approximate surface area is 141 Å². The number of benzene rings is 1. The van der Waals surface area contributed by atoms with Crippen LogP contribution in [0.25, 0.3) is 0 Å². The molecular weight excluding hydrogens is 310 g/mol. The quantitative estimate of drug-likeness (QED) is 0.676. The van der Waals surface area contributed by atoms with Crippen molar-refractivity contribution in [3.8, 4) is 0 Å². The van der Waals surface area contributed by atoms with E-state index in [9.17, 15) is 14.9 Å². The highest BCUT2D eigenvalue weighted by molar-refractivity contribution is 5.96. The number of hydrogen-bond donors (Lipinski definition) is 1. The molecule has 0 bridgehead atoms. The number of amides is 1. The standard InChI is InChI=1S/C17H23N3O4/c1-17(6-2-3-7-17)18-16(21)13-4-5-14(15(12-13)20(22)23)19-8-10-24-11-9-19/h4-5,12H,2-3,6-11H2,1H3,(H,18,21). The number of ether oxygens (including phenoxy) is 1. The Morgan fingerprint density at radius 2 is 1.96 bits per heavy atom. The van der Waals surface area contributed by atoms with Crippen molar-refractivity contribution in [1.29, 1.82) is 0 Å². The molecule has 1 amide bonds. The summed E-state index contributed by atoms with van der Waals surface area (Å²) in [6.45, 7) is 4.37. The highest BCUT2D eigenvalue weighted by Gasteiger charge is 2.31. The molecule has 1 aliphatic carbocycles. The molecule has 1 aromatic carbocycles. The maximum Gasteiger partial charge on any atom is 0.293 e. The first-order chi connectivity index (χ1) is 11.5. The van der Waals surface area contributed by atoms with E-state index in [0.29, 0.717) is 37.6 Å². The van der Waals surface area contributed by atoms with Crippen molar-refractivity contribution in [2.75, 3.05) is 31.2 Å². The Bertz CT molecular complexity index is 635. The highest BCUT2D eigenvalue weighted by Crippen LogP contribution is 2.32. The van der Waals surface area contributed by atoms with Gasteiger partial charge in [0.15, 0.2) is 0 Å². The summed E-state index contributed by atoms with van der Waals surface area (Å²) < 4.78 is 5.29. The molecule has 2 fully saturated rings. The van der Waals surface area contributed by atoms with Crippen molar-refractivity contribution in [1.82, 2.24) is 5.32 Å². The Kier molecular flexibility index (Phi) is 4.71. The second-order valence-electron chi connectivity index (χ2n) is 6.78. The Hall–Kier alpha value is -2.15. The summed E-state index contributed by atoms with van der Waals surface area (Å²) in [6, 6.07) is 4.74. The van der Waals surface area contributed by atoms with E-state index < -0.39 is 4.92 Å². The number of rotatable bonds is 4. The van der Waals surface area contributed by atoms with E-state index in [1.807, 2.05) is 11.8 Å². The molecule has 0 radical (unpaired) electrons. The van der Waals surface area contributed by atoms with Crippen molar-refractivity contribution in [3.05, 3.63) is 33.9 Å². The van der Waals surface area contributed by atoms with Gasteiger partial charge in [-0.2, -0.15) is 0 Å². The first-order valence-electron chi connectivity index (χ1n) is 8.42. The molecule has 0 aromatic heterocycles. The summed E-state index contributed by atoms with van der Waals surface area (Å²) in [4.78, 5) is 25.5. The zero-order valence-corrected chi connectivity index (χ0v) is 13.9. The molecule has 0 atom stereocenters. The first-order valence-corrected chi connectivity index (χ1v) is 8.42. The van der Waals surface area contributed by atoms with E-state index in [-0.39, 0.29) is 17.1 Å². The Morgan fingerprint density at radius 1 is 1.29 bits per heavy atom. The molecule has 3 rings (SSSR count). The Balaban J connectivity index is 1.83. The predicted molar refractivity (Wildman–Crippen MR) is 90.5 cm³/mol. The minimum Gasteiger partial charge on any atom is -0.378 e. The molecule has 0 spiro atoms. The molecule has 1 saturated carbocycles. The molecule has 7 nitrogen and oxygen atoms in total. The van der Waals surface area contributed by atoms with Gasteiger partial charge in [0.2, 0.25) is 0 Å². The fourth-order valence-electron chi connectivity index (χ4n) is 3.51. The van der Waals surface area contributed by atoms with E-state index in [4.69, 9.17) is 4.74 Å². The van der Waals surface area contributed by atoms with E-state index in [1.165, 1.54) is 6.07 Å². The van der Waals surface area contributed by atoms with E-state index in [2.05, 4.69) is 5.32 Å². The lowest BCUT2D eigenvalue weighted by molar-refractivity contribution is -0.384. The van der Waals surface area contributed by atoms with E-state index in [0.717, 1.165) is 25.7 Å². The minimum absolute atomic E-state index is 0.0267. The second kappa shape index (κ2) is 6.76. The van der Waals surface area contributed by atoms with Gasteiger partial charge in [-0.15, -0.1) is 0 Å². The number of carbonyl (C=O) groups is 1. The lowest BCUT2D eigenvalue weighted by Gasteiger charge is -2.29. The molecule has 1 N–H and O–H groups in total. The van der Waals surface area contributed by atoms with Gasteiger partial charge < -0.3 is 15.0 Å². The zero-order valence-electron chi connectivity index (χ0n) is 13.9. The molecule has 0 unspecified atom stereocenters. The fraction of sp³-hybridized carbons (Fsp3) is 0.588. The first kappa shape index (κ1) is 16.7.